The molecule has 132 valence electrons. The third-order valence-electron chi connectivity index (χ3n) is 4.33. The molecule has 0 unspecified atom stereocenters. The molecule has 0 fully saturated rings. The van der Waals surface area contributed by atoms with Gasteiger partial charge in [-0.15, -0.1) is 0 Å². The van der Waals surface area contributed by atoms with Crippen molar-refractivity contribution >= 4 is 10.8 Å². The Morgan fingerprint density at radius 1 is 0.846 bits per heavy atom. The van der Waals surface area contributed by atoms with E-state index in [1.165, 1.54) is 5.56 Å². The Bertz CT molecular complexity index is 931. The zero-order valence-electron chi connectivity index (χ0n) is 15.5. The number of fused-ring (bicyclic) bond motifs is 1. The molecule has 0 aliphatic rings. The highest BCUT2D eigenvalue weighted by Gasteiger charge is 2.13. The predicted molar refractivity (Wildman–Crippen MR) is 105 cm³/mol. The number of hydrogen-bond acceptors (Lipinski definition) is 3. The lowest BCUT2D eigenvalue weighted by molar-refractivity contribution is 0.217. The van der Waals surface area contributed by atoms with E-state index >= 15 is 0 Å². The molecule has 0 spiro atoms. The minimum atomic E-state index is 0.130. The Balaban J connectivity index is 1.60. The topological polar surface area (TPSA) is 42.2 Å². The van der Waals surface area contributed by atoms with Crippen LogP contribution < -0.4 is 9.47 Å². The molecule has 0 saturated heterocycles. The first-order chi connectivity index (χ1) is 12.5. The van der Waals surface area contributed by atoms with Gasteiger partial charge in [0, 0.05) is 5.39 Å². The van der Waals surface area contributed by atoms with Crippen LogP contribution in [0.15, 0.2) is 60.7 Å². The Labute approximate surface area is 154 Å². The highest BCUT2D eigenvalue weighted by atomic mass is 16.5. The van der Waals surface area contributed by atoms with Crippen LogP contribution in [0.4, 0.5) is 0 Å². The van der Waals surface area contributed by atoms with Crippen molar-refractivity contribution in [3.05, 3.63) is 71.8 Å². The van der Waals surface area contributed by atoms with E-state index in [-0.39, 0.29) is 5.41 Å². The van der Waals surface area contributed by atoms with Crippen LogP contribution in [0.5, 0.6) is 11.5 Å². The van der Waals surface area contributed by atoms with Gasteiger partial charge >= 0.3 is 0 Å². The highest BCUT2D eigenvalue weighted by Crippen LogP contribution is 2.27. The van der Waals surface area contributed by atoms with Crippen LogP contribution in [-0.4, -0.2) is 13.2 Å². The van der Waals surface area contributed by atoms with Gasteiger partial charge in [-0.2, -0.15) is 5.26 Å². The van der Waals surface area contributed by atoms with Gasteiger partial charge in [-0.25, -0.2) is 0 Å². The van der Waals surface area contributed by atoms with E-state index in [0.29, 0.717) is 24.5 Å². The summed E-state index contributed by atoms with van der Waals surface area (Å²) < 4.78 is 11.5. The lowest BCUT2D eigenvalue weighted by Gasteiger charge is -2.19. The molecular formula is C23H23NO2. The van der Waals surface area contributed by atoms with Crippen LogP contribution in [0.3, 0.4) is 0 Å². The summed E-state index contributed by atoms with van der Waals surface area (Å²) in [6.07, 6.45) is 0. The first kappa shape index (κ1) is 17.8. The van der Waals surface area contributed by atoms with E-state index in [4.69, 9.17) is 9.47 Å². The van der Waals surface area contributed by atoms with Crippen LogP contribution >= 0.6 is 0 Å². The maximum absolute atomic E-state index is 9.48. The quantitative estimate of drug-likeness (QED) is 0.576. The highest BCUT2D eigenvalue weighted by molar-refractivity contribution is 5.90. The van der Waals surface area contributed by atoms with Crippen molar-refractivity contribution in [1.82, 2.24) is 0 Å². The van der Waals surface area contributed by atoms with E-state index in [0.717, 1.165) is 16.5 Å². The smallest absolute Gasteiger partial charge is 0.137 e. The monoisotopic (exact) mass is 345 g/mol. The number of hydrogen-bond donors (Lipinski definition) is 0. The molecule has 0 heterocycles. The van der Waals surface area contributed by atoms with Crippen LogP contribution in [0.1, 0.15) is 31.9 Å². The maximum atomic E-state index is 9.48. The van der Waals surface area contributed by atoms with E-state index in [9.17, 15) is 5.26 Å². The van der Waals surface area contributed by atoms with E-state index in [1.54, 1.807) is 0 Å². The van der Waals surface area contributed by atoms with Gasteiger partial charge in [0.15, 0.2) is 0 Å². The molecule has 3 aromatic rings. The van der Waals surface area contributed by atoms with Gasteiger partial charge < -0.3 is 9.47 Å². The number of ether oxygens (including phenoxy) is 2. The second kappa shape index (κ2) is 7.49. The largest absolute Gasteiger partial charge is 0.490 e. The number of nitrogens with zero attached hydrogens (tertiary/aromatic N) is 1. The van der Waals surface area contributed by atoms with Gasteiger partial charge in [0.05, 0.1) is 0 Å². The van der Waals surface area contributed by atoms with Crippen molar-refractivity contribution in [1.29, 1.82) is 5.26 Å². The normalized spacial score (nSPS) is 11.2. The molecule has 3 nitrogen and oxygen atoms in total. The van der Waals surface area contributed by atoms with Crippen LogP contribution in [-0.2, 0) is 5.41 Å². The summed E-state index contributed by atoms with van der Waals surface area (Å²) >= 11 is 0. The third-order valence-corrected chi connectivity index (χ3v) is 4.33. The van der Waals surface area contributed by atoms with Crippen molar-refractivity contribution in [2.24, 2.45) is 0 Å². The van der Waals surface area contributed by atoms with Gasteiger partial charge in [0.2, 0.25) is 0 Å². The van der Waals surface area contributed by atoms with Crippen molar-refractivity contribution in [3.8, 4) is 17.6 Å². The molecule has 3 rings (SSSR count). The molecular weight excluding hydrogens is 322 g/mol. The number of rotatable bonds is 5. The van der Waals surface area contributed by atoms with Gasteiger partial charge in [-0.1, -0.05) is 63.2 Å². The second-order valence-corrected chi connectivity index (χ2v) is 7.24. The average Bonchev–Trinajstić information content (AvgIpc) is 2.64. The molecule has 3 aromatic carbocycles. The minimum Gasteiger partial charge on any atom is -0.490 e. The molecule has 0 bridgehead atoms. The first-order valence-corrected chi connectivity index (χ1v) is 8.77. The van der Waals surface area contributed by atoms with Crippen LogP contribution in [0.25, 0.3) is 10.8 Å². The third kappa shape index (κ3) is 3.97. The molecule has 3 heteroatoms. The molecule has 0 amide bonds. The Morgan fingerprint density at radius 3 is 2.23 bits per heavy atom. The standard InChI is InChI=1S/C23H23NO2/c1-23(2,3)18-9-11-19(12-10-18)25-14-15-26-22-13-8-17-6-4-5-7-20(17)21(22)16-24/h4-13H,14-15H2,1-3H3. The van der Waals surface area contributed by atoms with Crippen molar-refractivity contribution in [3.63, 3.8) is 0 Å². The minimum absolute atomic E-state index is 0.130. The molecule has 26 heavy (non-hydrogen) atoms. The first-order valence-electron chi connectivity index (χ1n) is 8.77. The zero-order chi connectivity index (χ0) is 18.6. The molecule has 0 radical (unpaired) electrons. The van der Waals surface area contributed by atoms with E-state index < -0.39 is 0 Å². The maximum Gasteiger partial charge on any atom is 0.137 e. The Kier molecular flexibility index (Phi) is 5.14. The summed E-state index contributed by atoms with van der Waals surface area (Å²) in [6.45, 7) is 7.37. The molecule has 0 saturated carbocycles. The van der Waals surface area contributed by atoms with Crippen molar-refractivity contribution in [2.75, 3.05) is 13.2 Å². The Morgan fingerprint density at radius 2 is 1.54 bits per heavy atom. The van der Waals surface area contributed by atoms with E-state index in [2.05, 4.69) is 39.0 Å². The summed E-state index contributed by atoms with van der Waals surface area (Å²) in [7, 11) is 0. The average molecular weight is 345 g/mol. The van der Waals surface area contributed by atoms with Crippen molar-refractivity contribution in [2.45, 2.75) is 26.2 Å². The van der Waals surface area contributed by atoms with Gasteiger partial charge in [0.25, 0.3) is 0 Å². The number of nitriles is 1. The summed E-state index contributed by atoms with van der Waals surface area (Å²) in [4.78, 5) is 0. The second-order valence-electron chi connectivity index (χ2n) is 7.24. The fraction of sp³-hybridized carbons (Fsp3) is 0.261. The fourth-order valence-electron chi connectivity index (χ4n) is 2.85. The van der Waals surface area contributed by atoms with Gasteiger partial charge in [-0.3, -0.25) is 0 Å². The Hall–Kier alpha value is -2.99. The molecule has 0 aliphatic heterocycles. The van der Waals surface area contributed by atoms with E-state index in [1.807, 2.05) is 48.5 Å². The van der Waals surface area contributed by atoms with Crippen LogP contribution in [0.2, 0.25) is 0 Å². The van der Waals surface area contributed by atoms with Crippen LogP contribution in [0, 0.1) is 11.3 Å². The lowest BCUT2D eigenvalue weighted by Crippen LogP contribution is -2.12. The molecule has 0 aromatic heterocycles. The zero-order valence-corrected chi connectivity index (χ0v) is 15.5. The summed E-state index contributed by atoms with van der Waals surface area (Å²) in [6, 6.07) is 22.0. The summed E-state index contributed by atoms with van der Waals surface area (Å²) in [5.41, 5.74) is 1.97. The lowest BCUT2D eigenvalue weighted by atomic mass is 9.87. The van der Waals surface area contributed by atoms with Gasteiger partial charge in [-0.05, 0) is 34.6 Å². The summed E-state index contributed by atoms with van der Waals surface area (Å²) in [5, 5.41) is 11.4. The number of benzene rings is 3. The fourth-order valence-corrected chi connectivity index (χ4v) is 2.85. The molecule has 0 atom stereocenters. The summed E-state index contributed by atoms with van der Waals surface area (Å²) in [5.74, 6) is 1.42. The molecule has 0 aliphatic carbocycles. The molecule has 0 N–H and O–H groups in total. The predicted octanol–water partition coefficient (Wildman–Crippen LogP) is 5.47. The van der Waals surface area contributed by atoms with Gasteiger partial charge in [0.1, 0.15) is 36.3 Å². The van der Waals surface area contributed by atoms with Crippen molar-refractivity contribution < 1.29 is 9.47 Å². The SMILES string of the molecule is CC(C)(C)c1ccc(OCCOc2ccc3ccccc3c2C#N)cc1.